The van der Waals surface area contributed by atoms with Gasteiger partial charge in [0.1, 0.15) is 5.75 Å². The number of carbonyl (C=O) groups is 1. The Labute approximate surface area is 119 Å². The summed E-state index contributed by atoms with van der Waals surface area (Å²) in [4.78, 5) is 14.1. The minimum atomic E-state index is -2.93. The summed E-state index contributed by atoms with van der Waals surface area (Å²) in [5.41, 5.74) is 0.530. The summed E-state index contributed by atoms with van der Waals surface area (Å²) in [5, 5.41) is 0. The molecule has 20 heavy (non-hydrogen) atoms. The highest BCUT2D eigenvalue weighted by Crippen LogP contribution is 2.20. The van der Waals surface area contributed by atoms with Gasteiger partial charge in [-0.3, -0.25) is 9.69 Å². The van der Waals surface area contributed by atoms with Gasteiger partial charge in [0, 0.05) is 6.04 Å². The fourth-order valence-corrected chi connectivity index (χ4v) is 4.24. The molecule has 6 heteroatoms. The number of ketones is 1. The average molecular weight is 297 g/mol. The van der Waals surface area contributed by atoms with E-state index >= 15 is 0 Å². The van der Waals surface area contributed by atoms with Gasteiger partial charge in [0.15, 0.2) is 15.6 Å². The third kappa shape index (κ3) is 3.37. The molecule has 1 aliphatic rings. The summed E-state index contributed by atoms with van der Waals surface area (Å²) in [6.07, 6.45) is 0.595. The SMILES string of the molecule is COc1ccccc1C(=O)CN(C)C1CCS(=O)(=O)C1. The standard InChI is InChI=1S/C14H19NO4S/c1-15(11-7-8-20(17,18)10-11)9-13(16)12-5-3-4-6-14(12)19-2/h3-6,11H,7-10H2,1-2H3. The number of nitrogens with zero attached hydrogens (tertiary/aromatic N) is 1. The lowest BCUT2D eigenvalue weighted by Crippen LogP contribution is -2.36. The number of hydrogen-bond acceptors (Lipinski definition) is 5. The van der Waals surface area contributed by atoms with E-state index in [0.717, 1.165) is 0 Å². The van der Waals surface area contributed by atoms with Crippen LogP contribution >= 0.6 is 0 Å². The largest absolute Gasteiger partial charge is 0.496 e. The number of likely N-dealkylation sites (N-methyl/N-ethyl adjacent to an activating group) is 1. The van der Waals surface area contributed by atoms with Gasteiger partial charge in [-0.1, -0.05) is 12.1 Å². The third-order valence-electron chi connectivity index (χ3n) is 3.63. The lowest BCUT2D eigenvalue weighted by Gasteiger charge is -2.22. The Morgan fingerprint density at radius 1 is 1.40 bits per heavy atom. The van der Waals surface area contributed by atoms with E-state index in [9.17, 15) is 13.2 Å². The summed E-state index contributed by atoms with van der Waals surface area (Å²) in [6, 6.07) is 6.99. The van der Waals surface area contributed by atoms with Crippen LogP contribution in [0.1, 0.15) is 16.8 Å². The second-order valence-corrected chi connectivity index (χ2v) is 7.32. The Morgan fingerprint density at radius 2 is 2.10 bits per heavy atom. The molecule has 1 heterocycles. The number of rotatable bonds is 5. The van der Waals surface area contributed by atoms with E-state index in [1.54, 1.807) is 25.2 Å². The quantitative estimate of drug-likeness (QED) is 0.759. The van der Waals surface area contributed by atoms with Gasteiger partial charge in [-0.25, -0.2) is 8.42 Å². The van der Waals surface area contributed by atoms with Gasteiger partial charge in [0.25, 0.3) is 0 Å². The molecule has 1 unspecified atom stereocenters. The van der Waals surface area contributed by atoms with Gasteiger partial charge >= 0.3 is 0 Å². The van der Waals surface area contributed by atoms with Gasteiger partial charge < -0.3 is 4.74 Å². The van der Waals surface area contributed by atoms with Gasteiger partial charge in [0.2, 0.25) is 0 Å². The van der Waals surface area contributed by atoms with Crippen LogP contribution in [0.3, 0.4) is 0 Å². The van der Waals surface area contributed by atoms with Gasteiger partial charge in [-0.15, -0.1) is 0 Å². The Kier molecular flexibility index (Phi) is 4.45. The number of Topliss-reactive ketones (excluding diaryl/α,β-unsaturated/α-hetero) is 1. The zero-order chi connectivity index (χ0) is 14.8. The summed E-state index contributed by atoms with van der Waals surface area (Å²) in [6.45, 7) is 0.195. The molecule has 1 atom stereocenters. The molecular weight excluding hydrogens is 278 g/mol. The van der Waals surface area contributed by atoms with Gasteiger partial charge in [-0.2, -0.15) is 0 Å². The van der Waals surface area contributed by atoms with Crippen LogP contribution in [-0.2, 0) is 9.84 Å². The molecule has 0 amide bonds. The molecule has 2 rings (SSSR count). The van der Waals surface area contributed by atoms with E-state index in [-0.39, 0.29) is 29.9 Å². The van der Waals surface area contributed by atoms with E-state index in [0.29, 0.717) is 17.7 Å². The normalized spacial score (nSPS) is 21.1. The summed E-state index contributed by atoms with van der Waals surface area (Å²) in [5.74, 6) is 0.840. The Bertz CT molecular complexity index is 597. The van der Waals surface area contributed by atoms with E-state index in [2.05, 4.69) is 0 Å². The molecule has 1 aromatic rings. The maximum Gasteiger partial charge on any atom is 0.180 e. The van der Waals surface area contributed by atoms with E-state index in [1.807, 2.05) is 11.0 Å². The molecule has 0 radical (unpaired) electrons. The van der Waals surface area contributed by atoms with Crippen molar-refractivity contribution in [2.45, 2.75) is 12.5 Å². The number of benzene rings is 1. The number of sulfone groups is 1. The van der Waals surface area contributed by atoms with Crippen LogP contribution in [0.15, 0.2) is 24.3 Å². The molecule has 0 spiro atoms. The second-order valence-electron chi connectivity index (χ2n) is 5.10. The molecule has 1 saturated heterocycles. The molecule has 1 fully saturated rings. The topological polar surface area (TPSA) is 63.7 Å². The van der Waals surface area contributed by atoms with Crippen molar-refractivity contribution >= 4 is 15.6 Å². The van der Waals surface area contributed by atoms with Crippen molar-refractivity contribution in [1.29, 1.82) is 0 Å². The number of para-hydroxylation sites is 1. The lowest BCUT2D eigenvalue weighted by molar-refractivity contribution is 0.0923. The minimum absolute atomic E-state index is 0.0609. The maximum absolute atomic E-state index is 12.3. The Morgan fingerprint density at radius 3 is 2.70 bits per heavy atom. The smallest absolute Gasteiger partial charge is 0.180 e. The molecule has 0 N–H and O–H groups in total. The van der Waals surface area contributed by atoms with Crippen LogP contribution in [-0.4, -0.2) is 57.4 Å². The van der Waals surface area contributed by atoms with Crippen LogP contribution in [0.2, 0.25) is 0 Å². The summed E-state index contributed by atoms with van der Waals surface area (Å²) in [7, 11) is 0.386. The monoisotopic (exact) mass is 297 g/mol. The van der Waals surface area contributed by atoms with Crippen molar-refractivity contribution in [2.24, 2.45) is 0 Å². The fourth-order valence-electron chi connectivity index (χ4n) is 2.44. The maximum atomic E-state index is 12.3. The van der Waals surface area contributed by atoms with Crippen molar-refractivity contribution in [3.63, 3.8) is 0 Å². The highest BCUT2D eigenvalue weighted by molar-refractivity contribution is 7.91. The molecule has 0 saturated carbocycles. The van der Waals surface area contributed by atoms with Crippen molar-refractivity contribution in [2.75, 3.05) is 32.2 Å². The first-order valence-corrected chi connectivity index (χ1v) is 8.32. The minimum Gasteiger partial charge on any atom is -0.496 e. The molecule has 110 valence electrons. The summed E-state index contributed by atoms with van der Waals surface area (Å²) < 4.78 is 28.1. The highest BCUT2D eigenvalue weighted by Gasteiger charge is 2.31. The predicted molar refractivity (Wildman–Crippen MR) is 77.0 cm³/mol. The zero-order valence-corrected chi connectivity index (χ0v) is 12.5. The molecule has 0 aromatic heterocycles. The molecule has 0 aliphatic carbocycles. The number of carbonyl (C=O) groups excluding carboxylic acids is 1. The Balaban J connectivity index is 2.04. The zero-order valence-electron chi connectivity index (χ0n) is 11.7. The number of hydrogen-bond donors (Lipinski definition) is 0. The molecule has 5 nitrogen and oxygen atoms in total. The van der Waals surface area contributed by atoms with Crippen molar-refractivity contribution in [3.05, 3.63) is 29.8 Å². The molecule has 1 aromatic carbocycles. The first-order valence-electron chi connectivity index (χ1n) is 6.50. The van der Waals surface area contributed by atoms with Gasteiger partial charge in [-0.05, 0) is 25.6 Å². The van der Waals surface area contributed by atoms with Crippen LogP contribution in [0.4, 0.5) is 0 Å². The highest BCUT2D eigenvalue weighted by atomic mass is 32.2. The first kappa shape index (κ1) is 15.0. The fraction of sp³-hybridized carbons (Fsp3) is 0.500. The van der Waals surface area contributed by atoms with E-state index in [1.165, 1.54) is 7.11 Å². The van der Waals surface area contributed by atoms with Crippen LogP contribution in [0.5, 0.6) is 5.75 Å². The van der Waals surface area contributed by atoms with Crippen molar-refractivity contribution in [1.82, 2.24) is 4.90 Å². The molecular formula is C14H19NO4S. The van der Waals surface area contributed by atoms with Crippen LogP contribution in [0.25, 0.3) is 0 Å². The second kappa shape index (κ2) is 5.93. The molecule has 0 bridgehead atoms. The van der Waals surface area contributed by atoms with Crippen molar-refractivity contribution < 1.29 is 17.9 Å². The van der Waals surface area contributed by atoms with Crippen molar-refractivity contribution in [3.8, 4) is 5.75 Å². The van der Waals surface area contributed by atoms with Crippen LogP contribution in [0, 0.1) is 0 Å². The van der Waals surface area contributed by atoms with E-state index < -0.39 is 9.84 Å². The van der Waals surface area contributed by atoms with Crippen LogP contribution < -0.4 is 4.74 Å². The lowest BCUT2D eigenvalue weighted by atomic mass is 10.1. The number of ether oxygens (including phenoxy) is 1. The van der Waals surface area contributed by atoms with E-state index in [4.69, 9.17) is 4.74 Å². The van der Waals surface area contributed by atoms with Gasteiger partial charge in [0.05, 0.1) is 30.7 Å². The molecule has 1 aliphatic heterocycles. The Hall–Kier alpha value is -1.40. The first-order chi connectivity index (χ1) is 9.43. The average Bonchev–Trinajstić information content (AvgIpc) is 2.79. The number of methoxy groups -OCH3 is 1. The predicted octanol–water partition coefficient (Wildman–Crippen LogP) is 0.997. The summed E-state index contributed by atoms with van der Waals surface area (Å²) >= 11 is 0. The third-order valence-corrected chi connectivity index (χ3v) is 5.38.